The zero-order valence-electron chi connectivity index (χ0n) is 16.2. The number of hydrogen-bond acceptors (Lipinski definition) is 5. The van der Waals surface area contributed by atoms with Crippen LogP contribution >= 0.6 is 0 Å². The highest BCUT2D eigenvalue weighted by Crippen LogP contribution is 2.33. The molecule has 1 fully saturated rings. The Hall–Kier alpha value is -2.16. The Balaban J connectivity index is 2.00. The molecule has 27 heavy (non-hydrogen) atoms. The largest absolute Gasteiger partial charge is 0.497 e. The van der Waals surface area contributed by atoms with Crippen molar-refractivity contribution in [3.8, 4) is 11.5 Å². The fourth-order valence-corrected chi connectivity index (χ4v) is 4.14. The standard InChI is InChI=1S/C18H29N3O5S/c1-25-15-9-10-16(17(13-15)26-2)21(27(3,23)24)12-11-19-18(22)20-14-7-5-4-6-8-14/h9-10,13-14H,4-8,11-12H2,1-3H3,(H2,19,20,22). The van der Waals surface area contributed by atoms with Gasteiger partial charge in [-0.15, -0.1) is 0 Å². The van der Waals surface area contributed by atoms with Gasteiger partial charge in [-0.25, -0.2) is 13.2 Å². The molecule has 0 spiro atoms. The van der Waals surface area contributed by atoms with Crippen molar-refractivity contribution in [2.45, 2.75) is 38.1 Å². The number of carbonyl (C=O) groups excluding carboxylic acids is 1. The van der Waals surface area contributed by atoms with Gasteiger partial charge in [-0.05, 0) is 25.0 Å². The normalized spacial score (nSPS) is 15.1. The van der Waals surface area contributed by atoms with Gasteiger partial charge in [0.2, 0.25) is 10.0 Å². The van der Waals surface area contributed by atoms with Crippen LogP contribution in [0.15, 0.2) is 18.2 Å². The van der Waals surface area contributed by atoms with Crippen molar-refractivity contribution in [1.29, 1.82) is 0 Å². The lowest BCUT2D eigenvalue weighted by atomic mass is 9.96. The molecule has 2 N–H and O–H groups in total. The number of nitrogens with zero attached hydrogens (tertiary/aromatic N) is 1. The van der Waals surface area contributed by atoms with E-state index < -0.39 is 10.0 Å². The van der Waals surface area contributed by atoms with Crippen molar-refractivity contribution in [3.63, 3.8) is 0 Å². The molecule has 2 rings (SSSR count). The number of hydrogen-bond donors (Lipinski definition) is 2. The molecule has 0 aromatic heterocycles. The molecule has 9 heteroatoms. The third kappa shape index (κ3) is 6.20. The van der Waals surface area contributed by atoms with Crippen LogP contribution in [0.2, 0.25) is 0 Å². The second-order valence-electron chi connectivity index (χ2n) is 6.61. The summed E-state index contributed by atoms with van der Waals surface area (Å²) >= 11 is 0. The minimum atomic E-state index is -3.55. The summed E-state index contributed by atoms with van der Waals surface area (Å²) < 4.78 is 36.2. The second kappa shape index (κ2) is 9.68. The topological polar surface area (TPSA) is 97.0 Å². The van der Waals surface area contributed by atoms with E-state index in [9.17, 15) is 13.2 Å². The van der Waals surface area contributed by atoms with E-state index in [1.807, 2.05) is 0 Å². The van der Waals surface area contributed by atoms with E-state index in [4.69, 9.17) is 9.47 Å². The first kappa shape index (κ1) is 21.1. The van der Waals surface area contributed by atoms with Crippen LogP contribution in [0.5, 0.6) is 11.5 Å². The molecule has 1 aromatic carbocycles. The highest BCUT2D eigenvalue weighted by Gasteiger charge is 2.22. The maximum Gasteiger partial charge on any atom is 0.315 e. The summed E-state index contributed by atoms with van der Waals surface area (Å²) in [6.07, 6.45) is 6.58. The van der Waals surface area contributed by atoms with Gasteiger partial charge in [-0.3, -0.25) is 4.31 Å². The minimum Gasteiger partial charge on any atom is -0.497 e. The Bertz CT molecular complexity index is 733. The van der Waals surface area contributed by atoms with Crippen LogP contribution in [-0.2, 0) is 10.0 Å². The quantitative estimate of drug-likeness (QED) is 0.698. The van der Waals surface area contributed by atoms with Crippen LogP contribution in [-0.4, -0.2) is 54.1 Å². The van der Waals surface area contributed by atoms with Gasteiger partial charge >= 0.3 is 6.03 Å². The molecular formula is C18H29N3O5S. The van der Waals surface area contributed by atoms with Gasteiger partial charge in [-0.1, -0.05) is 19.3 Å². The fourth-order valence-electron chi connectivity index (χ4n) is 3.21. The summed E-state index contributed by atoms with van der Waals surface area (Å²) in [6, 6.07) is 4.85. The summed E-state index contributed by atoms with van der Waals surface area (Å²) in [5, 5.41) is 5.69. The highest BCUT2D eigenvalue weighted by molar-refractivity contribution is 7.92. The number of amides is 2. The summed E-state index contributed by atoms with van der Waals surface area (Å²) in [5.74, 6) is 0.945. The summed E-state index contributed by atoms with van der Waals surface area (Å²) in [4.78, 5) is 12.1. The molecule has 1 saturated carbocycles. The van der Waals surface area contributed by atoms with Crippen molar-refractivity contribution < 1.29 is 22.7 Å². The number of methoxy groups -OCH3 is 2. The first-order chi connectivity index (χ1) is 12.8. The van der Waals surface area contributed by atoms with Crippen LogP contribution in [0.25, 0.3) is 0 Å². The van der Waals surface area contributed by atoms with Crippen LogP contribution in [0.1, 0.15) is 32.1 Å². The number of ether oxygens (including phenoxy) is 2. The maximum atomic E-state index is 12.3. The molecule has 0 heterocycles. The Morgan fingerprint density at radius 3 is 2.48 bits per heavy atom. The predicted molar refractivity (Wildman–Crippen MR) is 105 cm³/mol. The van der Waals surface area contributed by atoms with Gasteiger partial charge in [0, 0.05) is 18.7 Å². The lowest BCUT2D eigenvalue weighted by Crippen LogP contribution is -2.45. The first-order valence-corrected chi connectivity index (χ1v) is 10.9. The van der Waals surface area contributed by atoms with Crippen molar-refractivity contribution in [1.82, 2.24) is 10.6 Å². The smallest absolute Gasteiger partial charge is 0.315 e. The van der Waals surface area contributed by atoms with E-state index in [0.29, 0.717) is 17.2 Å². The Morgan fingerprint density at radius 1 is 1.19 bits per heavy atom. The number of nitrogens with one attached hydrogen (secondary N) is 2. The molecule has 152 valence electrons. The molecule has 0 radical (unpaired) electrons. The number of carbonyl (C=O) groups is 1. The predicted octanol–water partition coefficient (Wildman–Crippen LogP) is 2.10. The van der Waals surface area contributed by atoms with Crippen LogP contribution < -0.4 is 24.4 Å². The highest BCUT2D eigenvalue weighted by atomic mass is 32.2. The summed E-state index contributed by atoms with van der Waals surface area (Å²) in [7, 11) is -0.562. The van der Waals surface area contributed by atoms with Gasteiger partial charge in [0.1, 0.15) is 11.5 Å². The van der Waals surface area contributed by atoms with Crippen molar-refractivity contribution in [2.24, 2.45) is 0 Å². The van der Waals surface area contributed by atoms with E-state index in [-0.39, 0.29) is 25.2 Å². The van der Waals surface area contributed by atoms with E-state index in [1.54, 1.807) is 18.2 Å². The van der Waals surface area contributed by atoms with Gasteiger partial charge in [0.25, 0.3) is 0 Å². The molecule has 0 bridgehead atoms. The van der Waals surface area contributed by atoms with Crippen LogP contribution in [0, 0.1) is 0 Å². The number of anilines is 1. The van der Waals surface area contributed by atoms with Crippen molar-refractivity contribution in [3.05, 3.63) is 18.2 Å². The van der Waals surface area contributed by atoms with Gasteiger partial charge in [0.05, 0.1) is 32.7 Å². The lowest BCUT2D eigenvalue weighted by Gasteiger charge is -2.25. The average molecular weight is 400 g/mol. The Kier molecular flexibility index (Phi) is 7.58. The van der Waals surface area contributed by atoms with Crippen molar-refractivity contribution >= 4 is 21.7 Å². The minimum absolute atomic E-state index is 0.0968. The van der Waals surface area contributed by atoms with Crippen LogP contribution in [0.4, 0.5) is 10.5 Å². The van der Waals surface area contributed by atoms with Gasteiger partial charge < -0.3 is 20.1 Å². The van der Waals surface area contributed by atoms with E-state index in [2.05, 4.69) is 10.6 Å². The maximum absolute atomic E-state index is 12.3. The zero-order chi connectivity index (χ0) is 19.9. The third-order valence-corrected chi connectivity index (χ3v) is 5.78. The third-order valence-electron chi connectivity index (χ3n) is 4.60. The Labute approximate surface area is 161 Å². The SMILES string of the molecule is COc1ccc(N(CCNC(=O)NC2CCCCC2)S(C)(=O)=O)c(OC)c1. The summed E-state index contributed by atoms with van der Waals surface area (Å²) in [5.41, 5.74) is 0.398. The van der Waals surface area contributed by atoms with Crippen LogP contribution in [0.3, 0.4) is 0 Å². The molecule has 1 aliphatic carbocycles. The van der Waals surface area contributed by atoms with E-state index >= 15 is 0 Å². The molecule has 2 amide bonds. The number of rotatable bonds is 8. The summed E-state index contributed by atoms with van der Waals surface area (Å²) in [6.45, 7) is 0.278. The monoisotopic (exact) mass is 399 g/mol. The van der Waals surface area contributed by atoms with E-state index in [0.717, 1.165) is 31.9 Å². The van der Waals surface area contributed by atoms with E-state index in [1.165, 1.54) is 24.9 Å². The molecule has 0 atom stereocenters. The zero-order valence-corrected chi connectivity index (χ0v) is 17.0. The molecule has 1 aromatic rings. The molecule has 0 unspecified atom stereocenters. The molecule has 0 aliphatic heterocycles. The second-order valence-corrected chi connectivity index (χ2v) is 8.51. The number of urea groups is 1. The lowest BCUT2D eigenvalue weighted by molar-refractivity contribution is 0.233. The molecule has 1 aliphatic rings. The number of sulfonamides is 1. The molecular weight excluding hydrogens is 370 g/mol. The average Bonchev–Trinajstić information content (AvgIpc) is 2.64. The molecule has 8 nitrogen and oxygen atoms in total. The fraction of sp³-hybridized carbons (Fsp3) is 0.611. The number of benzene rings is 1. The van der Waals surface area contributed by atoms with Crippen molar-refractivity contribution in [2.75, 3.05) is 37.9 Å². The first-order valence-electron chi connectivity index (χ1n) is 9.09. The Morgan fingerprint density at radius 2 is 1.89 bits per heavy atom. The van der Waals surface area contributed by atoms with Gasteiger partial charge in [0.15, 0.2) is 0 Å². The van der Waals surface area contributed by atoms with Gasteiger partial charge in [-0.2, -0.15) is 0 Å². The molecule has 0 saturated heterocycles.